The second kappa shape index (κ2) is 4.91. The van der Waals surface area contributed by atoms with Crippen molar-refractivity contribution in [2.24, 2.45) is 0 Å². The molecule has 4 nitrogen and oxygen atoms in total. The van der Waals surface area contributed by atoms with Gasteiger partial charge in [-0.15, -0.1) is 0 Å². The van der Waals surface area contributed by atoms with Crippen LogP contribution in [-0.4, -0.2) is 10.3 Å². The summed E-state index contributed by atoms with van der Waals surface area (Å²) < 4.78 is 3.78. The summed E-state index contributed by atoms with van der Waals surface area (Å²) >= 11 is 12.4. The number of benzene rings is 1. The van der Waals surface area contributed by atoms with Crippen LogP contribution in [0.1, 0.15) is 9.67 Å². The van der Waals surface area contributed by atoms with Gasteiger partial charge in [-0.3, -0.25) is 4.79 Å². The summed E-state index contributed by atoms with van der Waals surface area (Å²) in [7, 11) is 0. The fourth-order valence-corrected chi connectivity index (χ4v) is 2.30. The molecular weight excluding hydrogens is 281 g/mol. The largest absolute Gasteiger partial charge is 0.397 e. The highest BCUT2D eigenvalue weighted by molar-refractivity contribution is 7.09. The smallest absolute Gasteiger partial charge is 0.269 e. The molecule has 0 fully saturated rings. The Kier molecular flexibility index (Phi) is 3.51. The molecule has 2 rings (SSSR count). The lowest BCUT2D eigenvalue weighted by atomic mass is 10.2. The van der Waals surface area contributed by atoms with Crippen molar-refractivity contribution in [1.29, 1.82) is 0 Å². The molecule has 3 N–H and O–H groups in total. The lowest BCUT2D eigenvalue weighted by molar-refractivity contribution is 0.103. The van der Waals surface area contributed by atoms with E-state index in [0.29, 0.717) is 11.4 Å². The molecular formula is C10H7Cl2N3OS. The Balaban J connectivity index is 2.23. The Hall–Kier alpha value is -1.30. The van der Waals surface area contributed by atoms with Crippen molar-refractivity contribution in [1.82, 2.24) is 4.37 Å². The molecule has 0 atom stereocenters. The number of amides is 1. The zero-order valence-corrected chi connectivity index (χ0v) is 10.7. The van der Waals surface area contributed by atoms with Gasteiger partial charge >= 0.3 is 0 Å². The molecule has 0 saturated carbocycles. The molecule has 1 amide bonds. The van der Waals surface area contributed by atoms with Crippen molar-refractivity contribution < 1.29 is 4.79 Å². The third-order valence-electron chi connectivity index (χ3n) is 2.01. The van der Waals surface area contributed by atoms with E-state index in [1.165, 1.54) is 0 Å². The molecule has 0 unspecified atom stereocenters. The van der Waals surface area contributed by atoms with Gasteiger partial charge in [0, 0.05) is 0 Å². The van der Waals surface area contributed by atoms with Crippen LogP contribution in [0.3, 0.4) is 0 Å². The van der Waals surface area contributed by atoms with E-state index in [-0.39, 0.29) is 21.0 Å². The minimum Gasteiger partial charge on any atom is -0.397 e. The van der Waals surface area contributed by atoms with Crippen LogP contribution in [-0.2, 0) is 0 Å². The molecule has 1 aromatic carbocycles. The minimum absolute atomic E-state index is 0.128. The van der Waals surface area contributed by atoms with Gasteiger partial charge in [-0.05, 0) is 23.7 Å². The summed E-state index contributed by atoms with van der Waals surface area (Å²) in [5, 5.41) is 2.93. The number of nitrogens with one attached hydrogen (secondary N) is 1. The van der Waals surface area contributed by atoms with Crippen molar-refractivity contribution in [2.75, 3.05) is 11.1 Å². The second-order valence-corrected chi connectivity index (χ2v) is 4.67. The van der Waals surface area contributed by atoms with Crippen molar-refractivity contribution in [3.63, 3.8) is 0 Å². The second-order valence-electron chi connectivity index (χ2n) is 3.16. The summed E-state index contributed by atoms with van der Waals surface area (Å²) in [4.78, 5) is 12.1. The van der Waals surface area contributed by atoms with Crippen molar-refractivity contribution >= 4 is 52.0 Å². The van der Waals surface area contributed by atoms with Crippen LogP contribution in [0.25, 0.3) is 0 Å². The Bertz CT molecular complexity index is 570. The number of para-hydroxylation sites is 2. The SMILES string of the molecule is Nc1ccccc1NC(=O)c1snc(Cl)c1Cl. The van der Waals surface area contributed by atoms with Crippen molar-refractivity contribution in [2.45, 2.75) is 0 Å². The maximum atomic E-state index is 11.9. The monoisotopic (exact) mass is 287 g/mol. The van der Waals surface area contributed by atoms with Crippen LogP contribution in [0.15, 0.2) is 24.3 Å². The first-order chi connectivity index (χ1) is 8.09. The maximum absolute atomic E-state index is 11.9. The minimum atomic E-state index is -0.377. The van der Waals surface area contributed by atoms with Gasteiger partial charge in [0.15, 0.2) is 5.15 Å². The molecule has 0 saturated heterocycles. The normalized spacial score (nSPS) is 10.2. The predicted octanol–water partition coefficient (Wildman–Crippen LogP) is 3.28. The lowest BCUT2D eigenvalue weighted by Crippen LogP contribution is -2.12. The zero-order valence-electron chi connectivity index (χ0n) is 8.41. The summed E-state index contributed by atoms with van der Waals surface area (Å²) in [6.07, 6.45) is 0. The number of halogens is 2. The molecule has 0 aliphatic carbocycles. The predicted molar refractivity (Wildman–Crippen MR) is 70.9 cm³/mol. The number of nitrogens with two attached hydrogens (primary N) is 1. The topological polar surface area (TPSA) is 68.0 Å². The highest BCUT2D eigenvalue weighted by Crippen LogP contribution is 2.29. The van der Waals surface area contributed by atoms with E-state index in [9.17, 15) is 4.79 Å². The van der Waals surface area contributed by atoms with Crippen LogP contribution in [0.4, 0.5) is 11.4 Å². The highest BCUT2D eigenvalue weighted by atomic mass is 35.5. The van der Waals surface area contributed by atoms with E-state index in [1.54, 1.807) is 24.3 Å². The van der Waals surface area contributed by atoms with Gasteiger partial charge < -0.3 is 11.1 Å². The molecule has 2 aromatic rings. The number of carbonyl (C=O) groups is 1. The number of rotatable bonds is 2. The molecule has 1 heterocycles. The third-order valence-corrected chi connectivity index (χ3v) is 3.81. The van der Waals surface area contributed by atoms with Gasteiger partial charge in [0.25, 0.3) is 5.91 Å². The van der Waals surface area contributed by atoms with E-state index in [0.717, 1.165) is 11.5 Å². The van der Waals surface area contributed by atoms with E-state index in [1.807, 2.05) is 0 Å². The first-order valence-corrected chi connectivity index (χ1v) is 6.09. The quantitative estimate of drug-likeness (QED) is 0.833. The summed E-state index contributed by atoms with van der Waals surface area (Å²) in [6.45, 7) is 0. The number of carbonyl (C=O) groups excluding carboxylic acids is 1. The van der Waals surface area contributed by atoms with E-state index >= 15 is 0 Å². The zero-order chi connectivity index (χ0) is 12.4. The fourth-order valence-electron chi connectivity index (χ4n) is 1.19. The molecule has 0 aliphatic rings. The summed E-state index contributed by atoms with van der Waals surface area (Å²) in [5.74, 6) is -0.377. The Morgan fingerprint density at radius 2 is 2.06 bits per heavy atom. The van der Waals surface area contributed by atoms with Crippen LogP contribution in [0.2, 0.25) is 10.2 Å². The van der Waals surface area contributed by atoms with E-state index in [4.69, 9.17) is 28.9 Å². The van der Waals surface area contributed by atoms with Crippen LogP contribution in [0.5, 0.6) is 0 Å². The Morgan fingerprint density at radius 1 is 1.35 bits per heavy atom. The molecule has 0 spiro atoms. The number of hydrogen-bond acceptors (Lipinski definition) is 4. The van der Waals surface area contributed by atoms with Gasteiger partial charge in [0.05, 0.1) is 11.4 Å². The number of nitrogens with zero attached hydrogens (tertiary/aromatic N) is 1. The fraction of sp³-hybridized carbons (Fsp3) is 0. The van der Waals surface area contributed by atoms with Gasteiger partial charge in [-0.1, -0.05) is 35.3 Å². The van der Waals surface area contributed by atoms with Crippen LogP contribution >= 0.6 is 34.7 Å². The van der Waals surface area contributed by atoms with Crippen LogP contribution < -0.4 is 11.1 Å². The van der Waals surface area contributed by atoms with E-state index in [2.05, 4.69) is 9.69 Å². The Labute approximate surface area is 112 Å². The van der Waals surface area contributed by atoms with Crippen molar-refractivity contribution in [3.8, 4) is 0 Å². The van der Waals surface area contributed by atoms with Gasteiger partial charge in [-0.25, -0.2) is 0 Å². The number of aromatic nitrogens is 1. The standard InChI is InChI=1S/C10H7Cl2N3OS/c11-7-8(17-15-9(7)12)10(16)14-6-4-2-1-3-5(6)13/h1-4H,13H2,(H,14,16). The van der Waals surface area contributed by atoms with Gasteiger partial charge in [0.1, 0.15) is 9.90 Å². The molecule has 0 radical (unpaired) electrons. The molecule has 7 heteroatoms. The van der Waals surface area contributed by atoms with E-state index < -0.39 is 0 Å². The average Bonchev–Trinajstić information content (AvgIpc) is 2.63. The first kappa shape index (κ1) is 12.2. The maximum Gasteiger partial charge on any atom is 0.269 e. The summed E-state index contributed by atoms with van der Waals surface area (Å²) in [5.41, 5.74) is 6.71. The van der Waals surface area contributed by atoms with Crippen molar-refractivity contribution in [3.05, 3.63) is 39.3 Å². The van der Waals surface area contributed by atoms with Gasteiger partial charge in [0.2, 0.25) is 0 Å². The third kappa shape index (κ3) is 2.52. The Morgan fingerprint density at radius 3 is 2.65 bits per heavy atom. The molecule has 88 valence electrons. The molecule has 17 heavy (non-hydrogen) atoms. The first-order valence-electron chi connectivity index (χ1n) is 4.56. The van der Waals surface area contributed by atoms with Gasteiger partial charge in [-0.2, -0.15) is 4.37 Å². The lowest BCUT2D eigenvalue weighted by Gasteiger charge is -2.06. The average molecular weight is 288 g/mol. The highest BCUT2D eigenvalue weighted by Gasteiger charge is 2.17. The molecule has 0 bridgehead atoms. The summed E-state index contributed by atoms with van der Waals surface area (Å²) in [6, 6.07) is 6.94. The molecule has 1 aromatic heterocycles. The number of hydrogen-bond donors (Lipinski definition) is 2. The number of anilines is 2. The van der Waals surface area contributed by atoms with Crippen LogP contribution in [0, 0.1) is 0 Å². The molecule has 0 aliphatic heterocycles. The number of nitrogen functional groups attached to an aromatic ring is 1.